The van der Waals surface area contributed by atoms with Gasteiger partial charge < -0.3 is 4.98 Å². The van der Waals surface area contributed by atoms with Crippen molar-refractivity contribution in [2.45, 2.75) is 6.92 Å². The van der Waals surface area contributed by atoms with Gasteiger partial charge in [0.1, 0.15) is 5.69 Å². The van der Waals surface area contributed by atoms with Gasteiger partial charge in [-0.2, -0.15) is 0 Å². The number of imidazole rings is 1. The molecule has 0 unspecified atom stereocenters. The van der Waals surface area contributed by atoms with Crippen molar-refractivity contribution >= 4 is 22.8 Å². The average Bonchev–Trinajstić information content (AvgIpc) is 2.72. The number of fused-ring (bicyclic) bond motifs is 1. The summed E-state index contributed by atoms with van der Waals surface area (Å²) in [5.74, 6) is 0.642. The molecule has 0 amide bonds. The Morgan fingerprint density at radius 3 is 3.00 bits per heavy atom. The first-order valence-electron chi connectivity index (χ1n) is 5.17. The van der Waals surface area contributed by atoms with Gasteiger partial charge in [0.05, 0.1) is 10.5 Å². The molecule has 4 nitrogen and oxygen atoms in total. The van der Waals surface area contributed by atoms with Crippen LogP contribution in [0.5, 0.6) is 0 Å². The molecular weight excluding hydrogens is 236 g/mol. The predicted molar refractivity (Wildman–Crippen MR) is 66.9 cm³/mol. The molecule has 3 rings (SSSR count). The number of H-pyrrole nitrogens is 1. The van der Waals surface area contributed by atoms with Gasteiger partial charge in [-0.05, 0) is 30.7 Å². The molecule has 0 atom stereocenters. The van der Waals surface area contributed by atoms with Gasteiger partial charge in [0.2, 0.25) is 0 Å². The van der Waals surface area contributed by atoms with Gasteiger partial charge in [-0.3, -0.25) is 4.98 Å². The molecule has 0 aliphatic rings. The lowest BCUT2D eigenvalue weighted by Gasteiger charge is -1.96. The molecule has 3 aromatic heterocycles. The van der Waals surface area contributed by atoms with Crippen molar-refractivity contribution in [2.24, 2.45) is 0 Å². The van der Waals surface area contributed by atoms with Crippen LogP contribution in [0.3, 0.4) is 0 Å². The molecule has 3 heterocycles. The number of aromatic amines is 1. The Morgan fingerprint density at radius 2 is 2.18 bits per heavy atom. The summed E-state index contributed by atoms with van der Waals surface area (Å²) in [6.07, 6.45) is 3.47. The Balaban J connectivity index is 2.22. The second-order valence-electron chi connectivity index (χ2n) is 3.80. The topological polar surface area (TPSA) is 54.5 Å². The van der Waals surface area contributed by atoms with Crippen LogP contribution in [0.2, 0.25) is 5.02 Å². The van der Waals surface area contributed by atoms with E-state index in [0.29, 0.717) is 22.2 Å². The first-order valence-corrected chi connectivity index (χ1v) is 5.55. The Labute approximate surface area is 103 Å². The highest BCUT2D eigenvalue weighted by Crippen LogP contribution is 2.24. The fourth-order valence-corrected chi connectivity index (χ4v) is 1.89. The maximum absolute atomic E-state index is 6.07. The maximum Gasteiger partial charge on any atom is 0.178 e. The molecular formula is C12H9ClN4. The third-order valence-electron chi connectivity index (χ3n) is 2.46. The lowest BCUT2D eigenvalue weighted by atomic mass is 10.3. The van der Waals surface area contributed by atoms with Crippen LogP contribution in [0, 0.1) is 6.92 Å². The number of aryl methyl sites for hydroxylation is 1. The second kappa shape index (κ2) is 3.82. The van der Waals surface area contributed by atoms with Crippen LogP contribution in [-0.4, -0.2) is 19.9 Å². The van der Waals surface area contributed by atoms with E-state index in [1.807, 2.05) is 13.0 Å². The standard InChI is InChI=1S/C12H9ClN4/c1-7-5-9-11(15-6-7)17-12(16-9)10-8(13)3-2-4-14-10/h2-6H,1H3,(H,15,16,17). The monoisotopic (exact) mass is 244 g/mol. The number of rotatable bonds is 1. The van der Waals surface area contributed by atoms with E-state index < -0.39 is 0 Å². The number of hydrogen-bond donors (Lipinski definition) is 1. The minimum absolute atomic E-state index is 0.572. The number of nitrogens with zero attached hydrogens (tertiary/aromatic N) is 3. The SMILES string of the molecule is Cc1cnc2nc(-c3ncccc3Cl)[nH]c2c1. The van der Waals surface area contributed by atoms with Crippen molar-refractivity contribution in [3.8, 4) is 11.5 Å². The van der Waals surface area contributed by atoms with Gasteiger partial charge in [0, 0.05) is 12.4 Å². The quantitative estimate of drug-likeness (QED) is 0.716. The highest BCUT2D eigenvalue weighted by atomic mass is 35.5. The zero-order valence-electron chi connectivity index (χ0n) is 9.11. The summed E-state index contributed by atoms with van der Waals surface area (Å²) < 4.78 is 0. The third-order valence-corrected chi connectivity index (χ3v) is 2.76. The fraction of sp³-hybridized carbons (Fsp3) is 0.0833. The van der Waals surface area contributed by atoms with E-state index in [2.05, 4.69) is 19.9 Å². The summed E-state index contributed by atoms with van der Waals surface area (Å²) in [5, 5.41) is 0.572. The molecule has 0 aliphatic carbocycles. The minimum Gasteiger partial charge on any atom is -0.335 e. The van der Waals surface area contributed by atoms with Gasteiger partial charge in [-0.25, -0.2) is 9.97 Å². The Kier molecular flexibility index (Phi) is 2.30. The summed E-state index contributed by atoms with van der Waals surface area (Å²) in [6, 6.07) is 5.57. The molecule has 0 spiro atoms. The van der Waals surface area contributed by atoms with Gasteiger partial charge >= 0.3 is 0 Å². The largest absolute Gasteiger partial charge is 0.335 e. The highest BCUT2D eigenvalue weighted by Gasteiger charge is 2.10. The zero-order chi connectivity index (χ0) is 11.8. The van der Waals surface area contributed by atoms with Crippen molar-refractivity contribution in [1.29, 1.82) is 0 Å². The average molecular weight is 245 g/mol. The molecule has 0 radical (unpaired) electrons. The van der Waals surface area contributed by atoms with Crippen molar-refractivity contribution in [2.75, 3.05) is 0 Å². The molecule has 5 heteroatoms. The molecule has 84 valence electrons. The van der Waals surface area contributed by atoms with Crippen LogP contribution in [-0.2, 0) is 0 Å². The van der Waals surface area contributed by atoms with Crippen LogP contribution < -0.4 is 0 Å². The van der Waals surface area contributed by atoms with Gasteiger partial charge in [0.25, 0.3) is 0 Å². The van der Waals surface area contributed by atoms with Crippen LogP contribution in [0.4, 0.5) is 0 Å². The number of nitrogens with one attached hydrogen (secondary N) is 1. The summed E-state index contributed by atoms with van der Waals surface area (Å²) in [6.45, 7) is 1.99. The van der Waals surface area contributed by atoms with E-state index in [1.165, 1.54) is 0 Å². The van der Waals surface area contributed by atoms with E-state index in [4.69, 9.17) is 11.6 Å². The molecule has 0 aliphatic heterocycles. The Hall–Kier alpha value is -1.94. The summed E-state index contributed by atoms with van der Waals surface area (Å²) in [5.41, 5.74) is 3.29. The maximum atomic E-state index is 6.07. The highest BCUT2D eigenvalue weighted by molar-refractivity contribution is 6.32. The van der Waals surface area contributed by atoms with E-state index in [-0.39, 0.29) is 0 Å². The number of pyridine rings is 2. The Bertz CT molecular complexity index is 690. The molecule has 17 heavy (non-hydrogen) atoms. The van der Waals surface area contributed by atoms with Gasteiger partial charge in [-0.1, -0.05) is 11.6 Å². The number of aromatic nitrogens is 4. The van der Waals surface area contributed by atoms with Gasteiger partial charge in [-0.15, -0.1) is 0 Å². The van der Waals surface area contributed by atoms with Crippen molar-refractivity contribution in [3.05, 3.63) is 41.2 Å². The van der Waals surface area contributed by atoms with Crippen molar-refractivity contribution in [3.63, 3.8) is 0 Å². The second-order valence-corrected chi connectivity index (χ2v) is 4.21. The van der Waals surface area contributed by atoms with Crippen LogP contribution >= 0.6 is 11.6 Å². The normalized spacial score (nSPS) is 10.9. The van der Waals surface area contributed by atoms with Crippen LogP contribution in [0.1, 0.15) is 5.56 Å². The lowest BCUT2D eigenvalue weighted by molar-refractivity contribution is 1.23. The van der Waals surface area contributed by atoms with E-state index in [1.54, 1.807) is 24.5 Å². The number of halogens is 1. The zero-order valence-corrected chi connectivity index (χ0v) is 9.86. The van der Waals surface area contributed by atoms with Crippen molar-refractivity contribution < 1.29 is 0 Å². The van der Waals surface area contributed by atoms with Crippen LogP contribution in [0.25, 0.3) is 22.7 Å². The van der Waals surface area contributed by atoms with Crippen molar-refractivity contribution in [1.82, 2.24) is 19.9 Å². The summed E-state index contributed by atoms with van der Waals surface area (Å²) in [4.78, 5) is 16.0. The fourth-order valence-electron chi connectivity index (χ4n) is 1.68. The molecule has 0 aromatic carbocycles. The van der Waals surface area contributed by atoms with E-state index >= 15 is 0 Å². The molecule has 3 aromatic rings. The summed E-state index contributed by atoms with van der Waals surface area (Å²) >= 11 is 6.07. The molecule has 0 saturated heterocycles. The van der Waals surface area contributed by atoms with Gasteiger partial charge in [0.15, 0.2) is 11.5 Å². The first kappa shape index (κ1) is 10.2. The predicted octanol–water partition coefficient (Wildman–Crippen LogP) is 2.98. The van der Waals surface area contributed by atoms with E-state index in [9.17, 15) is 0 Å². The first-order chi connectivity index (χ1) is 8.24. The smallest absolute Gasteiger partial charge is 0.178 e. The third kappa shape index (κ3) is 1.76. The molecule has 0 bridgehead atoms. The number of hydrogen-bond acceptors (Lipinski definition) is 3. The molecule has 0 saturated carbocycles. The molecule has 0 fully saturated rings. The summed E-state index contributed by atoms with van der Waals surface area (Å²) in [7, 11) is 0. The molecule has 1 N–H and O–H groups in total. The minimum atomic E-state index is 0.572. The van der Waals surface area contributed by atoms with E-state index in [0.717, 1.165) is 11.1 Å². The lowest BCUT2D eigenvalue weighted by Crippen LogP contribution is -1.85. The van der Waals surface area contributed by atoms with Crippen LogP contribution in [0.15, 0.2) is 30.6 Å². The Morgan fingerprint density at radius 1 is 1.29 bits per heavy atom.